The number of aromatic nitrogens is 4. The lowest BCUT2D eigenvalue weighted by Gasteiger charge is -2.29. The SMILES string of the molecule is O=C(O)[C@@H]1CC[C@H](c2ccccc2Cl)N1C(=O)c1ccc(-c2ccccn2)cc1.O=C(O)[C@@H]1CC[C@H](c2ccccc2Cl)N1C(=O)c1cnc(-c2ccncc2)nc1Cl. The van der Waals surface area contributed by atoms with Crippen LogP contribution in [0.1, 0.15) is 69.6 Å². The van der Waals surface area contributed by atoms with E-state index < -0.39 is 36.0 Å². The summed E-state index contributed by atoms with van der Waals surface area (Å²) < 4.78 is 0. The lowest BCUT2D eigenvalue weighted by molar-refractivity contribution is -0.142. The van der Waals surface area contributed by atoms with Crippen LogP contribution in [0.4, 0.5) is 0 Å². The number of aliphatic carboxylic acids is 2. The lowest BCUT2D eigenvalue weighted by atomic mass is 10.0. The molecule has 0 aliphatic carbocycles. The molecule has 3 aromatic carbocycles. The van der Waals surface area contributed by atoms with Crippen LogP contribution in [0.15, 0.2) is 128 Å². The van der Waals surface area contributed by atoms with E-state index in [0.29, 0.717) is 58.2 Å². The minimum Gasteiger partial charge on any atom is -0.480 e. The van der Waals surface area contributed by atoms with Crippen molar-refractivity contribution >= 4 is 58.6 Å². The summed E-state index contributed by atoms with van der Waals surface area (Å²) in [5, 5.41) is 20.3. The molecule has 6 aromatic rings. The number of carbonyl (C=O) groups is 4. The van der Waals surface area contributed by atoms with Gasteiger partial charge in [0.2, 0.25) is 0 Å². The second kappa shape index (κ2) is 18.2. The number of nitrogens with zero attached hydrogens (tertiary/aromatic N) is 6. The number of carboxylic acid groups (broad SMARTS) is 2. The smallest absolute Gasteiger partial charge is 0.326 e. The van der Waals surface area contributed by atoms with Crippen molar-refractivity contribution in [2.45, 2.75) is 49.9 Å². The van der Waals surface area contributed by atoms with Crippen LogP contribution in [0, 0.1) is 0 Å². The molecule has 0 bridgehead atoms. The van der Waals surface area contributed by atoms with E-state index in [2.05, 4.69) is 19.9 Å². The summed E-state index contributed by atoms with van der Waals surface area (Å²) in [5.74, 6) is -2.59. The van der Waals surface area contributed by atoms with E-state index in [4.69, 9.17) is 34.8 Å². The highest BCUT2D eigenvalue weighted by atomic mass is 35.5. The van der Waals surface area contributed by atoms with Gasteiger partial charge in [0, 0.05) is 51.5 Å². The van der Waals surface area contributed by atoms with E-state index in [9.17, 15) is 29.4 Å². The maximum atomic E-state index is 13.4. The standard InChI is InChI=1S/C23H19ClN2O3.C21H16Cl2N4O3/c24-18-6-2-1-5-17(18)20-12-13-21(23(28)29)26(20)22(27)16-10-8-15(9-11-16)19-7-3-4-14-25-19;22-15-4-2-1-3-13(15)16-5-6-17(21(29)30)27(16)20(28)14-11-25-19(26-18(14)23)12-7-9-24-10-8-12/h1-11,14,20-21H,12-13H2,(H,28,29);1-4,7-11,16-17H,5-6H2,(H,29,30)/t20-,21+;16-,17+/m11/s1. The second-order valence-electron chi connectivity index (χ2n) is 13.8. The molecule has 0 saturated carbocycles. The molecule has 15 heteroatoms. The third-order valence-corrected chi connectivity index (χ3v) is 11.3. The molecule has 4 atom stereocenters. The maximum absolute atomic E-state index is 13.4. The summed E-state index contributed by atoms with van der Waals surface area (Å²) in [6.45, 7) is 0. The van der Waals surface area contributed by atoms with Crippen molar-refractivity contribution in [1.29, 1.82) is 0 Å². The van der Waals surface area contributed by atoms with Crippen molar-refractivity contribution in [1.82, 2.24) is 29.7 Å². The minimum atomic E-state index is -1.08. The van der Waals surface area contributed by atoms with Crippen LogP contribution in [0.5, 0.6) is 0 Å². The summed E-state index contributed by atoms with van der Waals surface area (Å²) in [5.41, 5.74) is 4.35. The van der Waals surface area contributed by atoms with Crippen LogP contribution in [-0.2, 0) is 9.59 Å². The van der Waals surface area contributed by atoms with Gasteiger partial charge in [0.1, 0.15) is 17.2 Å². The van der Waals surface area contributed by atoms with E-state index in [-0.39, 0.29) is 22.7 Å². The first-order valence-electron chi connectivity index (χ1n) is 18.6. The molecule has 59 heavy (non-hydrogen) atoms. The molecule has 2 fully saturated rings. The molecule has 3 aromatic heterocycles. The van der Waals surface area contributed by atoms with Gasteiger partial charge in [-0.2, -0.15) is 0 Å². The molecule has 0 radical (unpaired) electrons. The van der Waals surface area contributed by atoms with Gasteiger partial charge in [-0.3, -0.25) is 19.6 Å². The zero-order chi connectivity index (χ0) is 41.6. The number of rotatable bonds is 8. The van der Waals surface area contributed by atoms with Gasteiger partial charge in [-0.25, -0.2) is 19.6 Å². The molecule has 0 unspecified atom stereocenters. The summed E-state index contributed by atoms with van der Waals surface area (Å²) in [6, 6.07) is 27.8. The van der Waals surface area contributed by atoms with Gasteiger partial charge < -0.3 is 20.0 Å². The number of likely N-dealkylation sites (tertiary alicyclic amines) is 2. The molecular weight excluding hydrogens is 815 g/mol. The Morgan fingerprint density at radius 3 is 1.63 bits per heavy atom. The number of pyridine rings is 2. The van der Waals surface area contributed by atoms with Gasteiger partial charge in [0.05, 0.1) is 23.3 Å². The van der Waals surface area contributed by atoms with Crippen molar-refractivity contribution in [2.75, 3.05) is 0 Å². The van der Waals surface area contributed by atoms with E-state index >= 15 is 0 Å². The fourth-order valence-corrected chi connectivity index (χ4v) is 8.26. The fourth-order valence-electron chi connectivity index (χ4n) is 7.52. The first-order chi connectivity index (χ1) is 28.5. The van der Waals surface area contributed by atoms with Crippen molar-refractivity contribution in [3.8, 4) is 22.6 Å². The zero-order valence-electron chi connectivity index (χ0n) is 31.1. The Balaban J connectivity index is 0.000000179. The summed E-state index contributed by atoms with van der Waals surface area (Å²) in [4.78, 5) is 69.8. The fraction of sp³-hybridized carbons (Fsp3) is 0.182. The molecule has 2 N–H and O–H groups in total. The van der Waals surface area contributed by atoms with E-state index in [1.54, 1.807) is 73.2 Å². The highest BCUT2D eigenvalue weighted by Crippen LogP contribution is 2.42. The summed E-state index contributed by atoms with van der Waals surface area (Å²) >= 11 is 19.0. The van der Waals surface area contributed by atoms with E-state index in [1.165, 1.54) is 16.0 Å². The monoisotopic (exact) mass is 848 g/mol. The first-order valence-corrected chi connectivity index (χ1v) is 19.7. The van der Waals surface area contributed by atoms with Gasteiger partial charge in [0.25, 0.3) is 11.8 Å². The highest BCUT2D eigenvalue weighted by molar-refractivity contribution is 6.33. The number of carboxylic acids is 2. The number of benzene rings is 3. The highest BCUT2D eigenvalue weighted by Gasteiger charge is 2.44. The van der Waals surface area contributed by atoms with Gasteiger partial charge >= 0.3 is 11.9 Å². The second-order valence-corrected chi connectivity index (χ2v) is 15.0. The van der Waals surface area contributed by atoms with Crippen molar-refractivity contribution in [3.05, 3.63) is 165 Å². The van der Waals surface area contributed by atoms with Crippen molar-refractivity contribution in [3.63, 3.8) is 0 Å². The Kier molecular flexibility index (Phi) is 12.6. The number of carbonyl (C=O) groups excluding carboxylic acids is 2. The predicted molar refractivity (Wildman–Crippen MR) is 222 cm³/mol. The zero-order valence-corrected chi connectivity index (χ0v) is 33.4. The number of halogens is 3. The van der Waals surface area contributed by atoms with Gasteiger partial charge in [-0.05, 0) is 85.3 Å². The average molecular weight is 850 g/mol. The molecule has 2 amide bonds. The first kappa shape index (κ1) is 41.0. The molecule has 2 aliphatic heterocycles. The minimum absolute atomic E-state index is 0.0414. The summed E-state index contributed by atoms with van der Waals surface area (Å²) in [6.07, 6.45) is 7.97. The molecule has 12 nitrogen and oxygen atoms in total. The van der Waals surface area contributed by atoms with Crippen LogP contribution in [0.2, 0.25) is 15.2 Å². The lowest BCUT2D eigenvalue weighted by Crippen LogP contribution is -2.42. The number of hydrogen-bond acceptors (Lipinski definition) is 8. The maximum Gasteiger partial charge on any atom is 0.326 e. The Morgan fingerprint density at radius 1 is 0.576 bits per heavy atom. The van der Waals surface area contributed by atoms with Crippen LogP contribution < -0.4 is 0 Å². The number of amides is 2. The van der Waals surface area contributed by atoms with Gasteiger partial charge in [-0.15, -0.1) is 0 Å². The van der Waals surface area contributed by atoms with Crippen LogP contribution in [0.3, 0.4) is 0 Å². The molecule has 298 valence electrons. The molecule has 5 heterocycles. The molecule has 8 rings (SSSR count). The molecular formula is C44H35Cl3N6O6. The van der Waals surface area contributed by atoms with Gasteiger partial charge in [-0.1, -0.05) is 89.4 Å². The topological polar surface area (TPSA) is 167 Å². The largest absolute Gasteiger partial charge is 0.480 e. The third-order valence-electron chi connectivity index (χ3n) is 10.3. The van der Waals surface area contributed by atoms with Gasteiger partial charge in [0.15, 0.2) is 5.82 Å². The van der Waals surface area contributed by atoms with Crippen LogP contribution in [0.25, 0.3) is 22.6 Å². The normalized spacial score (nSPS) is 18.5. The quantitative estimate of drug-likeness (QED) is 0.141. The Bertz CT molecular complexity index is 2500. The Hall–Kier alpha value is -6.21. The number of hydrogen-bond donors (Lipinski definition) is 2. The average Bonchev–Trinajstić information content (AvgIpc) is 3.91. The molecule has 2 aliphatic rings. The van der Waals surface area contributed by atoms with E-state index in [1.807, 2.05) is 48.5 Å². The van der Waals surface area contributed by atoms with Crippen molar-refractivity contribution in [2.24, 2.45) is 0 Å². The van der Waals surface area contributed by atoms with Crippen LogP contribution in [-0.4, -0.2) is 75.8 Å². The predicted octanol–water partition coefficient (Wildman–Crippen LogP) is 9.11. The Labute approximate surface area is 354 Å². The van der Waals surface area contributed by atoms with Crippen molar-refractivity contribution < 1.29 is 29.4 Å². The van der Waals surface area contributed by atoms with Crippen LogP contribution >= 0.6 is 34.8 Å². The molecule has 2 saturated heterocycles. The Morgan fingerprint density at radius 2 is 1.12 bits per heavy atom. The summed E-state index contributed by atoms with van der Waals surface area (Å²) in [7, 11) is 0. The molecule has 0 spiro atoms. The van der Waals surface area contributed by atoms with E-state index in [0.717, 1.165) is 16.8 Å². The third kappa shape index (κ3) is 8.80.